The molecule has 146 valence electrons. The zero-order valence-electron chi connectivity index (χ0n) is 15.2. The molecule has 1 amide bonds. The number of ether oxygens (including phenoxy) is 5. The largest absolute Gasteiger partial charge is 0.466 e. The topological polar surface area (TPSA) is 83.5 Å². The van der Waals surface area contributed by atoms with Gasteiger partial charge >= 0.3 is 5.97 Å². The molecule has 1 aliphatic rings. The van der Waals surface area contributed by atoms with Crippen LogP contribution in [0.25, 0.3) is 0 Å². The monoisotopic (exact) mass is 361 g/mol. The molecule has 0 aromatic carbocycles. The number of hydrogen-bond donors (Lipinski definition) is 0. The maximum absolute atomic E-state index is 12.3. The van der Waals surface area contributed by atoms with Crippen molar-refractivity contribution in [2.45, 2.75) is 26.2 Å². The van der Waals surface area contributed by atoms with E-state index in [2.05, 4.69) is 0 Å². The molecule has 8 nitrogen and oxygen atoms in total. The predicted octanol–water partition coefficient (Wildman–Crippen LogP) is 0.628. The number of amides is 1. The molecule has 8 heteroatoms. The predicted molar refractivity (Wildman–Crippen MR) is 90.3 cm³/mol. The summed E-state index contributed by atoms with van der Waals surface area (Å²) < 4.78 is 26.6. The molecule has 1 fully saturated rings. The second kappa shape index (κ2) is 15.1. The van der Waals surface area contributed by atoms with E-state index in [0.29, 0.717) is 85.4 Å². The molecule has 0 N–H and O–H groups in total. The molecule has 0 atom stereocenters. The summed E-state index contributed by atoms with van der Waals surface area (Å²) in [5.74, 6) is -0.271. The van der Waals surface area contributed by atoms with Crippen LogP contribution in [0, 0.1) is 0 Å². The lowest BCUT2D eigenvalue weighted by atomic mass is 10.2. The molecule has 1 saturated heterocycles. The Labute approximate surface area is 149 Å². The quantitative estimate of drug-likeness (QED) is 0.664. The van der Waals surface area contributed by atoms with Crippen LogP contribution in [0.1, 0.15) is 26.2 Å². The third-order valence-electron chi connectivity index (χ3n) is 3.56. The molecule has 0 aromatic rings. The lowest BCUT2D eigenvalue weighted by Crippen LogP contribution is -2.37. The molecule has 25 heavy (non-hydrogen) atoms. The first-order valence-corrected chi connectivity index (χ1v) is 8.98. The molecule has 1 aliphatic heterocycles. The zero-order valence-corrected chi connectivity index (χ0v) is 15.2. The van der Waals surface area contributed by atoms with Crippen LogP contribution in [-0.2, 0) is 33.3 Å². The van der Waals surface area contributed by atoms with Crippen LogP contribution in [0.15, 0.2) is 0 Å². The molecule has 1 rings (SSSR count). The fourth-order valence-electron chi connectivity index (χ4n) is 2.25. The third-order valence-corrected chi connectivity index (χ3v) is 3.56. The third kappa shape index (κ3) is 11.9. The van der Waals surface area contributed by atoms with E-state index < -0.39 is 0 Å². The number of rotatable bonds is 5. The summed E-state index contributed by atoms with van der Waals surface area (Å²) in [4.78, 5) is 25.4. The van der Waals surface area contributed by atoms with Gasteiger partial charge in [0.1, 0.15) is 0 Å². The fourth-order valence-corrected chi connectivity index (χ4v) is 2.25. The van der Waals surface area contributed by atoms with Crippen molar-refractivity contribution < 1.29 is 33.3 Å². The summed E-state index contributed by atoms with van der Waals surface area (Å²) in [6.45, 7) is 7.08. The highest BCUT2D eigenvalue weighted by Gasteiger charge is 2.14. The molecule has 0 radical (unpaired) electrons. The smallest absolute Gasteiger partial charge is 0.305 e. The van der Waals surface area contributed by atoms with E-state index >= 15 is 0 Å². The SMILES string of the molecule is CCOC(=O)CCCC(=O)N1CCOCCOCCOCCOCC1. The average Bonchev–Trinajstić information content (AvgIpc) is 2.60. The lowest BCUT2D eigenvalue weighted by Gasteiger charge is -2.22. The van der Waals surface area contributed by atoms with Crippen LogP contribution < -0.4 is 0 Å². The second-order valence-corrected chi connectivity index (χ2v) is 5.49. The van der Waals surface area contributed by atoms with Gasteiger partial charge in [-0.05, 0) is 13.3 Å². The van der Waals surface area contributed by atoms with Gasteiger partial charge in [-0.3, -0.25) is 9.59 Å². The van der Waals surface area contributed by atoms with Gasteiger partial charge in [-0.1, -0.05) is 0 Å². The molecule has 0 bridgehead atoms. The molecular weight excluding hydrogens is 330 g/mol. The maximum atomic E-state index is 12.3. The first-order chi connectivity index (χ1) is 12.2. The van der Waals surface area contributed by atoms with Gasteiger partial charge in [0.05, 0.1) is 59.5 Å². The van der Waals surface area contributed by atoms with Crippen LogP contribution >= 0.6 is 0 Å². The van der Waals surface area contributed by atoms with Crippen molar-refractivity contribution in [3.8, 4) is 0 Å². The Hall–Kier alpha value is -1.22. The van der Waals surface area contributed by atoms with Crippen LogP contribution in [0.5, 0.6) is 0 Å². The van der Waals surface area contributed by atoms with Crippen LogP contribution in [-0.4, -0.2) is 89.3 Å². The van der Waals surface area contributed by atoms with Crippen molar-refractivity contribution in [1.29, 1.82) is 0 Å². The van der Waals surface area contributed by atoms with Crippen LogP contribution in [0.4, 0.5) is 0 Å². The van der Waals surface area contributed by atoms with Crippen LogP contribution in [0.3, 0.4) is 0 Å². The number of hydrogen-bond acceptors (Lipinski definition) is 7. The highest BCUT2D eigenvalue weighted by atomic mass is 16.6. The van der Waals surface area contributed by atoms with Crippen molar-refractivity contribution in [3.05, 3.63) is 0 Å². The molecular formula is C17H31NO7. The summed E-state index contributed by atoms with van der Waals surface area (Å²) in [5, 5.41) is 0. The average molecular weight is 361 g/mol. The first-order valence-electron chi connectivity index (χ1n) is 8.98. The van der Waals surface area contributed by atoms with Gasteiger partial charge in [0.15, 0.2) is 0 Å². The Bertz CT molecular complexity index is 349. The molecule has 1 heterocycles. The molecule has 0 spiro atoms. The zero-order chi connectivity index (χ0) is 18.2. The standard InChI is InChI=1S/C17H31NO7/c1-2-25-17(20)5-3-4-16(19)18-6-8-21-10-12-23-14-15-24-13-11-22-9-7-18/h2-15H2,1H3. The maximum Gasteiger partial charge on any atom is 0.305 e. The summed E-state index contributed by atoms with van der Waals surface area (Å²) in [5.41, 5.74) is 0. The Morgan fingerprint density at radius 2 is 1.28 bits per heavy atom. The van der Waals surface area contributed by atoms with Crippen LogP contribution in [0.2, 0.25) is 0 Å². The minimum atomic E-state index is -0.265. The molecule has 0 saturated carbocycles. The Morgan fingerprint density at radius 1 is 0.800 bits per heavy atom. The lowest BCUT2D eigenvalue weighted by molar-refractivity contribution is -0.143. The van der Waals surface area contributed by atoms with E-state index in [1.807, 2.05) is 0 Å². The van der Waals surface area contributed by atoms with E-state index in [1.54, 1.807) is 11.8 Å². The minimum Gasteiger partial charge on any atom is -0.466 e. The van der Waals surface area contributed by atoms with Gasteiger partial charge in [0.2, 0.25) is 5.91 Å². The second-order valence-electron chi connectivity index (χ2n) is 5.49. The molecule has 0 unspecified atom stereocenters. The van der Waals surface area contributed by atoms with Gasteiger partial charge in [-0.15, -0.1) is 0 Å². The Morgan fingerprint density at radius 3 is 1.76 bits per heavy atom. The number of carbonyl (C=O) groups is 2. The number of nitrogens with zero attached hydrogens (tertiary/aromatic N) is 1. The van der Waals surface area contributed by atoms with E-state index in [4.69, 9.17) is 23.7 Å². The Kier molecular flexibility index (Phi) is 13.2. The van der Waals surface area contributed by atoms with E-state index in [9.17, 15) is 9.59 Å². The van der Waals surface area contributed by atoms with Crippen molar-refractivity contribution in [1.82, 2.24) is 4.90 Å². The van der Waals surface area contributed by atoms with Gasteiger partial charge in [-0.2, -0.15) is 0 Å². The highest BCUT2D eigenvalue weighted by Crippen LogP contribution is 2.03. The van der Waals surface area contributed by atoms with E-state index in [0.717, 1.165) is 0 Å². The summed E-state index contributed by atoms with van der Waals surface area (Å²) in [7, 11) is 0. The highest BCUT2D eigenvalue weighted by molar-refractivity contribution is 5.77. The van der Waals surface area contributed by atoms with Crippen molar-refractivity contribution in [2.75, 3.05) is 72.6 Å². The van der Waals surface area contributed by atoms with E-state index in [1.165, 1.54) is 0 Å². The number of esters is 1. The van der Waals surface area contributed by atoms with E-state index in [-0.39, 0.29) is 18.3 Å². The van der Waals surface area contributed by atoms with Gasteiger partial charge < -0.3 is 28.6 Å². The fraction of sp³-hybridized carbons (Fsp3) is 0.882. The minimum absolute atomic E-state index is 0.00619. The summed E-state index contributed by atoms with van der Waals surface area (Å²) >= 11 is 0. The molecule has 0 aromatic heterocycles. The first kappa shape index (κ1) is 21.8. The van der Waals surface area contributed by atoms with Crippen molar-refractivity contribution in [2.24, 2.45) is 0 Å². The van der Waals surface area contributed by atoms with Gasteiger partial charge in [0.25, 0.3) is 0 Å². The summed E-state index contributed by atoms with van der Waals surface area (Å²) in [6, 6.07) is 0. The number of carbonyl (C=O) groups excluding carboxylic acids is 2. The summed E-state index contributed by atoms with van der Waals surface area (Å²) in [6.07, 6.45) is 1.05. The van der Waals surface area contributed by atoms with Crippen molar-refractivity contribution >= 4 is 11.9 Å². The van der Waals surface area contributed by atoms with Gasteiger partial charge in [0, 0.05) is 25.9 Å². The van der Waals surface area contributed by atoms with Crippen molar-refractivity contribution in [3.63, 3.8) is 0 Å². The van der Waals surface area contributed by atoms with Gasteiger partial charge in [-0.25, -0.2) is 0 Å². The Balaban J connectivity index is 2.34. The molecule has 0 aliphatic carbocycles. The normalized spacial score (nSPS) is 18.8.